The molecule has 1 amide bonds. The summed E-state index contributed by atoms with van der Waals surface area (Å²) in [5.41, 5.74) is -0.834. The van der Waals surface area contributed by atoms with Gasteiger partial charge in [-0.1, -0.05) is 11.3 Å². The largest absolute Gasteiger partial charge is 0.445 e. The lowest BCUT2D eigenvalue weighted by Crippen LogP contribution is -2.52. The summed E-state index contributed by atoms with van der Waals surface area (Å²) in [6, 6.07) is 1.52. The van der Waals surface area contributed by atoms with Crippen LogP contribution >= 0.6 is 11.3 Å². The Morgan fingerprint density at radius 1 is 1.13 bits per heavy atom. The molecule has 204 valence electrons. The second kappa shape index (κ2) is 8.34. The van der Waals surface area contributed by atoms with Gasteiger partial charge >= 0.3 is 6.18 Å². The monoisotopic (exact) mass is 571 g/mol. The number of alkyl halides is 3. The van der Waals surface area contributed by atoms with E-state index in [4.69, 9.17) is 0 Å². The first kappa shape index (κ1) is 25.5. The summed E-state index contributed by atoms with van der Waals surface area (Å²) >= 11 is 0.322. The van der Waals surface area contributed by atoms with E-state index in [1.54, 1.807) is 11.8 Å². The number of amides is 1. The maximum Gasteiger partial charge on any atom is 0.445 e. The van der Waals surface area contributed by atoms with E-state index in [0.717, 1.165) is 0 Å². The molecule has 6 rings (SSSR count). The molecule has 3 aromatic heterocycles. The van der Waals surface area contributed by atoms with E-state index >= 15 is 0 Å². The molecule has 2 saturated carbocycles. The second-order valence-corrected chi connectivity index (χ2v) is 12.9. The maximum absolute atomic E-state index is 13.3. The fourth-order valence-corrected chi connectivity index (χ4v) is 6.68. The standard InChI is InChI=1S/C22H24F3N7O4S2/c1-20(2-3-20)29-38(35,36)13-10-14(30-6-8-31(9-7-30)19(33)21(34)4-5-21)15-11-26-16(32(15)12-13)17-27-28-18(37-17)22(23,24)25/h10-12,29,34H,2-9H2,1H3. The number of hydrogen-bond donors (Lipinski definition) is 2. The van der Waals surface area contributed by atoms with Crippen molar-refractivity contribution < 1.29 is 31.5 Å². The minimum atomic E-state index is -4.67. The van der Waals surface area contributed by atoms with Crippen LogP contribution in [0.25, 0.3) is 16.3 Å². The number of aromatic nitrogens is 4. The Labute approximate surface area is 219 Å². The van der Waals surface area contributed by atoms with E-state index < -0.39 is 32.3 Å². The molecule has 0 radical (unpaired) electrons. The Bertz CT molecular complexity index is 1540. The molecule has 38 heavy (non-hydrogen) atoms. The van der Waals surface area contributed by atoms with Crippen LogP contribution in [0.4, 0.5) is 18.9 Å². The molecule has 0 spiro atoms. The van der Waals surface area contributed by atoms with Crippen molar-refractivity contribution in [3.05, 3.63) is 23.5 Å². The molecule has 0 unspecified atom stereocenters. The molecule has 2 N–H and O–H groups in total. The molecule has 3 aliphatic rings. The van der Waals surface area contributed by atoms with Crippen molar-refractivity contribution in [2.24, 2.45) is 0 Å². The first-order valence-corrected chi connectivity index (χ1v) is 14.3. The van der Waals surface area contributed by atoms with Gasteiger partial charge in [0.25, 0.3) is 5.91 Å². The number of nitrogens with one attached hydrogen (secondary N) is 1. The van der Waals surface area contributed by atoms with E-state index in [2.05, 4.69) is 19.9 Å². The van der Waals surface area contributed by atoms with Crippen molar-refractivity contribution >= 4 is 38.5 Å². The zero-order valence-corrected chi connectivity index (χ0v) is 21.8. The number of carbonyl (C=O) groups excluding carboxylic acids is 1. The van der Waals surface area contributed by atoms with Crippen LogP contribution in [-0.4, -0.2) is 81.2 Å². The third kappa shape index (κ3) is 4.52. The number of fused-ring (bicyclic) bond motifs is 1. The Kier molecular flexibility index (Phi) is 5.59. The van der Waals surface area contributed by atoms with Crippen molar-refractivity contribution in [1.82, 2.24) is 29.2 Å². The Balaban J connectivity index is 1.39. The Morgan fingerprint density at radius 3 is 2.39 bits per heavy atom. The molecule has 0 aromatic carbocycles. The van der Waals surface area contributed by atoms with Crippen LogP contribution in [0.3, 0.4) is 0 Å². The van der Waals surface area contributed by atoms with Gasteiger partial charge < -0.3 is 14.9 Å². The number of hydrogen-bond acceptors (Lipinski definition) is 9. The van der Waals surface area contributed by atoms with E-state index in [-0.39, 0.29) is 21.6 Å². The predicted octanol–water partition coefficient (Wildman–Crippen LogP) is 1.88. The molecule has 1 aliphatic heterocycles. The van der Waals surface area contributed by atoms with E-state index in [1.807, 2.05) is 4.90 Å². The number of aliphatic hydroxyl groups is 1. The van der Waals surface area contributed by atoms with Crippen LogP contribution in [0.2, 0.25) is 0 Å². The number of sulfonamides is 1. The Morgan fingerprint density at radius 2 is 1.82 bits per heavy atom. The van der Waals surface area contributed by atoms with E-state index in [0.29, 0.717) is 74.4 Å². The van der Waals surface area contributed by atoms with Gasteiger partial charge in [-0.25, -0.2) is 18.1 Å². The molecule has 3 fully saturated rings. The number of carbonyl (C=O) groups is 1. The summed E-state index contributed by atoms with van der Waals surface area (Å²) in [5, 5.41) is 15.8. The first-order chi connectivity index (χ1) is 17.8. The van der Waals surface area contributed by atoms with Crippen LogP contribution in [0.5, 0.6) is 0 Å². The van der Waals surface area contributed by atoms with E-state index in [1.165, 1.54) is 22.9 Å². The number of piperazine rings is 1. The normalized spacial score (nSPS) is 20.7. The predicted molar refractivity (Wildman–Crippen MR) is 130 cm³/mol. The highest BCUT2D eigenvalue weighted by Gasteiger charge is 2.50. The van der Waals surface area contributed by atoms with Crippen LogP contribution in [0.1, 0.15) is 37.6 Å². The highest BCUT2D eigenvalue weighted by molar-refractivity contribution is 7.89. The molecule has 0 atom stereocenters. The molecule has 3 aromatic rings. The summed E-state index contributed by atoms with van der Waals surface area (Å²) in [5.74, 6) is -0.266. The zero-order valence-electron chi connectivity index (χ0n) is 20.2. The number of rotatable bonds is 6. The number of halogens is 3. The van der Waals surface area contributed by atoms with Gasteiger partial charge in [-0.05, 0) is 38.7 Å². The lowest BCUT2D eigenvalue weighted by molar-refractivity contribution is -0.142. The summed E-state index contributed by atoms with van der Waals surface area (Å²) in [6.07, 6.45) is 0.395. The average molecular weight is 572 g/mol. The summed E-state index contributed by atoms with van der Waals surface area (Å²) in [4.78, 5) is 20.3. The second-order valence-electron chi connectivity index (χ2n) is 10.3. The topological polar surface area (TPSA) is 133 Å². The smallest absolute Gasteiger partial charge is 0.380 e. The van der Waals surface area contributed by atoms with Gasteiger partial charge in [-0.2, -0.15) is 13.2 Å². The van der Waals surface area contributed by atoms with E-state index in [9.17, 15) is 31.5 Å². The summed E-state index contributed by atoms with van der Waals surface area (Å²) in [7, 11) is -3.97. The molecule has 16 heteroatoms. The molecule has 11 nitrogen and oxygen atoms in total. The SMILES string of the molecule is CC1(NS(=O)(=O)c2cc(N3CCN(C(=O)C4(O)CC4)CC3)c3cnc(-c4nnc(C(F)(F)F)s4)n3c2)CC1. The number of imidazole rings is 1. The fraction of sp³-hybridized carbons (Fsp3) is 0.545. The van der Waals surface area contributed by atoms with Crippen molar-refractivity contribution in [1.29, 1.82) is 0 Å². The van der Waals surface area contributed by atoms with Crippen molar-refractivity contribution in [2.75, 3.05) is 31.1 Å². The lowest BCUT2D eigenvalue weighted by Gasteiger charge is -2.37. The highest BCUT2D eigenvalue weighted by atomic mass is 32.2. The van der Waals surface area contributed by atoms with Gasteiger partial charge in [0.05, 0.1) is 17.4 Å². The van der Waals surface area contributed by atoms with Gasteiger partial charge in [0.15, 0.2) is 10.8 Å². The van der Waals surface area contributed by atoms with Gasteiger partial charge in [0.1, 0.15) is 10.5 Å². The average Bonchev–Trinajstić information content (AvgIpc) is 3.63. The minimum absolute atomic E-state index is 0.0358. The molecule has 0 bridgehead atoms. The van der Waals surface area contributed by atoms with Gasteiger partial charge in [-0.15, -0.1) is 10.2 Å². The van der Waals surface area contributed by atoms with Crippen molar-refractivity contribution in [3.63, 3.8) is 0 Å². The quantitative estimate of drug-likeness (QED) is 0.458. The number of anilines is 1. The van der Waals surface area contributed by atoms with Crippen molar-refractivity contribution in [2.45, 2.75) is 54.8 Å². The minimum Gasteiger partial charge on any atom is -0.380 e. The lowest BCUT2D eigenvalue weighted by atomic mass is 10.2. The molecule has 1 saturated heterocycles. The number of pyridine rings is 1. The Hall–Kier alpha value is -2.82. The van der Waals surface area contributed by atoms with Crippen LogP contribution in [0, 0.1) is 0 Å². The van der Waals surface area contributed by atoms with Crippen molar-refractivity contribution in [3.8, 4) is 10.8 Å². The van der Waals surface area contributed by atoms with Gasteiger partial charge in [-0.3, -0.25) is 9.20 Å². The molecular weight excluding hydrogens is 547 g/mol. The van der Waals surface area contributed by atoms with Crippen LogP contribution in [0.15, 0.2) is 23.4 Å². The van der Waals surface area contributed by atoms with Gasteiger partial charge in [0, 0.05) is 37.9 Å². The fourth-order valence-electron chi connectivity index (χ4n) is 4.49. The number of nitrogens with zero attached hydrogens (tertiary/aromatic N) is 6. The highest BCUT2D eigenvalue weighted by Crippen LogP contribution is 2.39. The third-order valence-electron chi connectivity index (χ3n) is 7.17. The summed E-state index contributed by atoms with van der Waals surface area (Å²) < 4.78 is 70.2. The van der Waals surface area contributed by atoms with Crippen LogP contribution in [-0.2, 0) is 21.0 Å². The first-order valence-electron chi connectivity index (χ1n) is 12.0. The maximum atomic E-state index is 13.3. The van der Waals surface area contributed by atoms with Gasteiger partial charge in [0.2, 0.25) is 15.0 Å². The zero-order chi connectivity index (χ0) is 27.1. The molecular formula is C22H24F3N7O4S2. The van der Waals surface area contributed by atoms with Crippen LogP contribution < -0.4 is 9.62 Å². The molecule has 4 heterocycles. The summed E-state index contributed by atoms with van der Waals surface area (Å²) in [6.45, 7) is 3.18. The molecule has 2 aliphatic carbocycles. The third-order valence-corrected chi connectivity index (χ3v) is 9.74.